The molecule has 3 aliphatic heterocycles. The number of nitrogens with zero attached hydrogens (tertiary/aromatic N) is 2. The number of phenols is 1. The molecule has 5 aliphatic rings. The molecule has 0 radical (unpaired) electrons. The fourth-order valence-electron chi connectivity index (χ4n) is 8.07. The largest absolute Gasteiger partial charge is 0.504 e. The molecule has 2 aromatic carbocycles. The van der Waals surface area contributed by atoms with Crippen molar-refractivity contribution in [1.82, 2.24) is 9.80 Å². The van der Waals surface area contributed by atoms with Crippen LogP contribution in [-0.4, -0.2) is 69.8 Å². The van der Waals surface area contributed by atoms with E-state index in [0.29, 0.717) is 25.1 Å². The lowest BCUT2D eigenvalue weighted by molar-refractivity contribution is -0.163. The number of ether oxygens (including phenoxy) is 2. The number of hydrogen-bond donors (Lipinski definition) is 2. The second-order valence-electron chi connectivity index (χ2n) is 11.4. The SMILES string of the molecule is CCOC(=O)CC1C(=O)N(Cc2ccccc2)C2=C1C[C@@]1(O)[C@H]3Cc4ccc(O)c5c4[C@@]1(CCN3C)[C@H]2O5. The fraction of sp³-hybridized carbons (Fsp3) is 0.467. The van der Waals surface area contributed by atoms with Crippen molar-refractivity contribution in [2.24, 2.45) is 5.92 Å². The zero-order valence-electron chi connectivity index (χ0n) is 21.6. The maximum Gasteiger partial charge on any atom is 0.306 e. The number of rotatable bonds is 5. The van der Waals surface area contributed by atoms with E-state index >= 15 is 0 Å². The molecule has 3 heterocycles. The van der Waals surface area contributed by atoms with Crippen LogP contribution in [0, 0.1) is 5.92 Å². The Morgan fingerprint density at radius 1 is 1.21 bits per heavy atom. The lowest BCUT2D eigenvalue weighted by Crippen LogP contribution is -2.75. The molecule has 5 atom stereocenters. The second-order valence-corrected chi connectivity index (χ2v) is 11.4. The summed E-state index contributed by atoms with van der Waals surface area (Å²) in [6.07, 6.45) is 0.815. The summed E-state index contributed by atoms with van der Waals surface area (Å²) < 4.78 is 11.9. The van der Waals surface area contributed by atoms with Crippen LogP contribution >= 0.6 is 0 Å². The first-order chi connectivity index (χ1) is 18.3. The van der Waals surface area contributed by atoms with Gasteiger partial charge >= 0.3 is 5.97 Å². The minimum absolute atomic E-state index is 0.0522. The fourth-order valence-corrected chi connectivity index (χ4v) is 8.07. The van der Waals surface area contributed by atoms with Gasteiger partial charge in [-0.05, 0) is 56.1 Å². The highest BCUT2D eigenvalue weighted by Gasteiger charge is 2.74. The Morgan fingerprint density at radius 2 is 2.00 bits per heavy atom. The summed E-state index contributed by atoms with van der Waals surface area (Å²) >= 11 is 0. The van der Waals surface area contributed by atoms with Crippen LogP contribution in [0.1, 0.15) is 42.9 Å². The molecule has 1 saturated heterocycles. The van der Waals surface area contributed by atoms with E-state index in [1.165, 1.54) is 0 Å². The molecule has 8 nitrogen and oxygen atoms in total. The maximum absolute atomic E-state index is 14.1. The molecule has 1 spiro atoms. The molecule has 2 aliphatic carbocycles. The third kappa shape index (κ3) is 2.87. The highest BCUT2D eigenvalue weighted by molar-refractivity contribution is 5.92. The minimum atomic E-state index is -1.22. The number of likely N-dealkylation sites (N-methyl/N-ethyl adjacent to an activating group) is 1. The predicted octanol–water partition coefficient (Wildman–Crippen LogP) is 2.65. The molecule has 2 bridgehead atoms. The molecule has 1 unspecified atom stereocenters. The highest BCUT2D eigenvalue weighted by Crippen LogP contribution is 2.67. The smallest absolute Gasteiger partial charge is 0.306 e. The van der Waals surface area contributed by atoms with Crippen molar-refractivity contribution < 1.29 is 29.3 Å². The van der Waals surface area contributed by atoms with Crippen LogP contribution in [-0.2, 0) is 32.7 Å². The van der Waals surface area contributed by atoms with Crippen molar-refractivity contribution in [2.45, 2.75) is 62.3 Å². The zero-order valence-corrected chi connectivity index (χ0v) is 21.6. The van der Waals surface area contributed by atoms with Crippen LogP contribution in [0.25, 0.3) is 0 Å². The molecular weight excluding hydrogens is 484 g/mol. The van der Waals surface area contributed by atoms with Gasteiger partial charge in [-0.25, -0.2) is 0 Å². The Balaban J connectivity index is 1.43. The number of benzene rings is 2. The predicted molar refractivity (Wildman–Crippen MR) is 137 cm³/mol. The topological polar surface area (TPSA) is 99.5 Å². The molecule has 2 aromatic rings. The summed E-state index contributed by atoms with van der Waals surface area (Å²) in [6.45, 7) is 3.09. The molecule has 7 rings (SSSR count). The molecule has 8 heteroatoms. The molecule has 1 fully saturated rings. The number of carbonyl (C=O) groups excluding carboxylic acids is 2. The van der Waals surface area contributed by atoms with Crippen molar-refractivity contribution in [3.05, 3.63) is 70.4 Å². The van der Waals surface area contributed by atoms with E-state index in [1.54, 1.807) is 17.9 Å². The van der Waals surface area contributed by atoms with Crippen LogP contribution in [0.5, 0.6) is 11.5 Å². The summed E-state index contributed by atoms with van der Waals surface area (Å²) in [6, 6.07) is 13.2. The monoisotopic (exact) mass is 516 g/mol. The van der Waals surface area contributed by atoms with Gasteiger partial charge in [0.15, 0.2) is 17.6 Å². The number of piperidine rings is 1. The Kier molecular flexibility index (Phi) is 5.04. The summed E-state index contributed by atoms with van der Waals surface area (Å²) in [5, 5.41) is 23.6. The van der Waals surface area contributed by atoms with E-state index in [2.05, 4.69) is 4.90 Å². The van der Waals surface area contributed by atoms with Crippen LogP contribution < -0.4 is 4.74 Å². The maximum atomic E-state index is 14.1. The van der Waals surface area contributed by atoms with Gasteiger partial charge in [0.1, 0.15) is 0 Å². The molecule has 0 saturated carbocycles. The van der Waals surface area contributed by atoms with Gasteiger partial charge in [-0.3, -0.25) is 9.59 Å². The number of aliphatic hydroxyl groups is 1. The van der Waals surface area contributed by atoms with Gasteiger partial charge in [-0.15, -0.1) is 0 Å². The van der Waals surface area contributed by atoms with Gasteiger partial charge in [-0.2, -0.15) is 0 Å². The van der Waals surface area contributed by atoms with Crippen molar-refractivity contribution in [1.29, 1.82) is 0 Å². The van der Waals surface area contributed by atoms with E-state index < -0.39 is 29.0 Å². The first-order valence-electron chi connectivity index (χ1n) is 13.5. The highest BCUT2D eigenvalue weighted by atomic mass is 16.5. The van der Waals surface area contributed by atoms with Crippen LogP contribution in [0.2, 0.25) is 0 Å². The molecular formula is C30H32N2O6. The third-order valence-corrected chi connectivity index (χ3v) is 9.65. The van der Waals surface area contributed by atoms with Crippen molar-refractivity contribution in [3.8, 4) is 11.5 Å². The first kappa shape index (κ1) is 23.7. The lowest BCUT2D eigenvalue weighted by Gasteiger charge is -2.62. The number of esters is 1. The van der Waals surface area contributed by atoms with E-state index in [9.17, 15) is 19.8 Å². The van der Waals surface area contributed by atoms with Gasteiger partial charge in [0.05, 0.1) is 42.2 Å². The van der Waals surface area contributed by atoms with Gasteiger partial charge in [0.2, 0.25) is 5.91 Å². The second kappa shape index (κ2) is 8.07. The van der Waals surface area contributed by atoms with Crippen molar-refractivity contribution in [2.75, 3.05) is 20.2 Å². The third-order valence-electron chi connectivity index (χ3n) is 9.65. The van der Waals surface area contributed by atoms with Crippen molar-refractivity contribution in [3.63, 3.8) is 0 Å². The normalized spacial score (nSPS) is 32.7. The molecule has 1 amide bonds. The number of fused-ring (bicyclic) bond motifs is 1. The Bertz CT molecular complexity index is 1390. The number of likely N-dealkylation sites (tertiary alicyclic amines) is 1. The first-order valence-corrected chi connectivity index (χ1v) is 13.5. The van der Waals surface area contributed by atoms with Gasteiger partial charge < -0.3 is 29.5 Å². The molecule has 38 heavy (non-hydrogen) atoms. The number of amides is 1. The van der Waals surface area contributed by atoms with Crippen LogP contribution in [0.3, 0.4) is 0 Å². The summed E-state index contributed by atoms with van der Waals surface area (Å²) in [7, 11) is 2.04. The van der Waals surface area contributed by atoms with E-state index in [4.69, 9.17) is 9.47 Å². The molecule has 198 valence electrons. The van der Waals surface area contributed by atoms with Gasteiger partial charge in [0, 0.05) is 18.0 Å². The standard InChI is InChI=1S/C30H32N2O6/c1-3-37-23(34)14-19-20-15-30(36)22-13-18-9-10-21(33)26-24(18)29(30,11-12-31(22)2)27(38-26)25(20)32(28(19)35)16-17-7-5-4-6-8-17/h4-10,19,22,27,33,36H,3,11-16H2,1-2H3/t19?,22-,27+,29+,30-/m1/s1. The number of phenolic OH excluding ortho intramolecular Hbond substituents is 1. The minimum Gasteiger partial charge on any atom is -0.504 e. The van der Waals surface area contributed by atoms with E-state index in [0.717, 1.165) is 34.5 Å². The van der Waals surface area contributed by atoms with Gasteiger partial charge in [-0.1, -0.05) is 36.4 Å². The van der Waals surface area contributed by atoms with E-state index in [1.807, 2.05) is 43.4 Å². The quantitative estimate of drug-likeness (QED) is 0.590. The zero-order chi connectivity index (χ0) is 26.4. The van der Waals surface area contributed by atoms with Crippen LogP contribution in [0.15, 0.2) is 53.7 Å². The Hall–Kier alpha value is -3.36. The number of aromatic hydroxyl groups is 1. The Morgan fingerprint density at radius 3 is 2.76 bits per heavy atom. The molecule has 0 aromatic heterocycles. The van der Waals surface area contributed by atoms with Crippen LogP contribution in [0.4, 0.5) is 0 Å². The summed E-state index contributed by atoms with van der Waals surface area (Å²) in [5.74, 6) is -0.844. The summed E-state index contributed by atoms with van der Waals surface area (Å²) in [5.41, 5.74) is 2.42. The summed E-state index contributed by atoms with van der Waals surface area (Å²) in [4.78, 5) is 30.7. The lowest BCUT2D eigenvalue weighted by atomic mass is 9.48. The van der Waals surface area contributed by atoms with Gasteiger partial charge in [0.25, 0.3) is 0 Å². The number of carbonyl (C=O) groups is 2. The van der Waals surface area contributed by atoms with Crippen molar-refractivity contribution >= 4 is 11.9 Å². The molecule has 2 N–H and O–H groups in total. The average molecular weight is 517 g/mol. The number of hydrogen-bond acceptors (Lipinski definition) is 7. The Labute approximate surface area is 221 Å². The van der Waals surface area contributed by atoms with E-state index in [-0.39, 0.29) is 37.1 Å². The average Bonchev–Trinajstić information content (AvgIpc) is 3.36.